The number of imidazole rings is 1. The number of fused-ring (bicyclic) bond motifs is 11. The van der Waals surface area contributed by atoms with Gasteiger partial charge in [-0.25, -0.2) is 15.0 Å². The molecule has 0 bridgehead atoms. The Morgan fingerprint density at radius 1 is 0.375 bits per heavy atom. The van der Waals surface area contributed by atoms with Crippen LogP contribution in [0.4, 0.5) is 0 Å². The SMILES string of the molecule is c1ccc(-n2c3ccccc3c3cc(-c4nc5c6ccccc6c6ccccc6c5n4-c4ncc(-c5c6ccccc6cc6ccccc56)cn4)ccc32)cc1. The van der Waals surface area contributed by atoms with E-state index in [4.69, 9.17) is 15.0 Å². The van der Waals surface area contributed by atoms with E-state index in [1.807, 2.05) is 12.4 Å². The third kappa shape index (κ3) is 4.46. The van der Waals surface area contributed by atoms with Gasteiger partial charge in [0, 0.05) is 56.3 Å². The molecule has 0 saturated heterocycles. The summed E-state index contributed by atoms with van der Waals surface area (Å²) in [6.45, 7) is 0. The molecule has 3 aromatic heterocycles. The van der Waals surface area contributed by atoms with E-state index in [9.17, 15) is 0 Å². The minimum Gasteiger partial charge on any atom is -0.309 e. The van der Waals surface area contributed by atoms with Crippen molar-refractivity contribution in [2.45, 2.75) is 0 Å². The fourth-order valence-corrected chi connectivity index (χ4v) is 8.95. The lowest BCUT2D eigenvalue weighted by atomic mass is 9.93. The Morgan fingerprint density at radius 3 is 1.64 bits per heavy atom. The molecule has 56 heavy (non-hydrogen) atoms. The lowest BCUT2D eigenvalue weighted by Crippen LogP contribution is -2.04. The number of hydrogen-bond donors (Lipinski definition) is 0. The molecular formula is C51H31N5. The molecule has 5 nitrogen and oxygen atoms in total. The Hall–Kier alpha value is -7.63. The van der Waals surface area contributed by atoms with Crippen LogP contribution in [0.15, 0.2) is 188 Å². The zero-order chi connectivity index (χ0) is 36.7. The zero-order valence-corrected chi connectivity index (χ0v) is 30.1. The number of rotatable bonds is 4. The molecule has 12 aromatic rings. The second-order valence-electron chi connectivity index (χ2n) is 14.4. The first-order chi connectivity index (χ1) is 27.8. The number of hydrogen-bond acceptors (Lipinski definition) is 3. The van der Waals surface area contributed by atoms with E-state index in [1.54, 1.807) is 0 Å². The van der Waals surface area contributed by atoms with Crippen LogP contribution in [0.5, 0.6) is 0 Å². The fourth-order valence-electron chi connectivity index (χ4n) is 8.95. The molecule has 5 heteroatoms. The lowest BCUT2D eigenvalue weighted by Gasteiger charge is -2.14. The number of aromatic nitrogens is 5. The van der Waals surface area contributed by atoms with Crippen LogP contribution >= 0.6 is 0 Å². The van der Waals surface area contributed by atoms with E-state index in [-0.39, 0.29) is 0 Å². The molecule has 0 atom stereocenters. The van der Waals surface area contributed by atoms with E-state index in [0.717, 1.165) is 66.4 Å². The second-order valence-corrected chi connectivity index (χ2v) is 14.4. The monoisotopic (exact) mass is 713 g/mol. The van der Waals surface area contributed by atoms with E-state index in [2.05, 4.69) is 185 Å². The molecule has 12 rings (SSSR count). The van der Waals surface area contributed by atoms with Gasteiger partial charge in [-0.1, -0.05) is 133 Å². The first-order valence-corrected chi connectivity index (χ1v) is 18.9. The Balaban J connectivity index is 1.14. The molecular weight excluding hydrogens is 683 g/mol. The molecule has 0 saturated carbocycles. The largest absolute Gasteiger partial charge is 0.309 e. The number of benzene rings is 9. The molecule has 0 N–H and O–H groups in total. The average Bonchev–Trinajstić information content (AvgIpc) is 3.83. The van der Waals surface area contributed by atoms with Crippen molar-refractivity contribution in [1.29, 1.82) is 0 Å². The Kier molecular flexibility index (Phi) is 6.56. The quantitative estimate of drug-likeness (QED) is 0.135. The van der Waals surface area contributed by atoms with Crippen LogP contribution in [0.1, 0.15) is 0 Å². The van der Waals surface area contributed by atoms with Gasteiger partial charge >= 0.3 is 0 Å². The summed E-state index contributed by atoms with van der Waals surface area (Å²) in [5.41, 5.74) is 8.45. The highest BCUT2D eigenvalue weighted by Crippen LogP contribution is 2.41. The maximum atomic E-state index is 5.53. The summed E-state index contributed by atoms with van der Waals surface area (Å²) in [7, 11) is 0. The van der Waals surface area contributed by atoms with Crippen molar-refractivity contribution in [3.8, 4) is 34.2 Å². The summed E-state index contributed by atoms with van der Waals surface area (Å²) in [6.07, 6.45) is 3.96. The summed E-state index contributed by atoms with van der Waals surface area (Å²) in [5, 5.41) is 11.6. The predicted octanol–water partition coefficient (Wildman–Crippen LogP) is 12.9. The van der Waals surface area contributed by atoms with Crippen molar-refractivity contribution < 1.29 is 0 Å². The normalized spacial score (nSPS) is 11.9. The van der Waals surface area contributed by atoms with Gasteiger partial charge in [0.2, 0.25) is 5.95 Å². The molecule has 0 aliphatic carbocycles. The van der Waals surface area contributed by atoms with Gasteiger partial charge in [0.05, 0.1) is 22.1 Å². The van der Waals surface area contributed by atoms with Crippen LogP contribution in [0, 0.1) is 0 Å². The first kappa shape index (κ1) is 30.8. The van der Waals surface area contributed by atoms with Crippen LogP contribution in [0.3, 0.4) is 0 Å². The van der Waals surface area contributed by atoms with Gasteiger partial charge in [-0.15, -0.1) is 0 Å². The highest BCUT2D eigenvalue weighted by Gasteiger charge is 2.23. The third-order valence-corrected chi connectivity index (χ3v) is 11.4. The Morgan fingerprint density at radius 2 is 0.929 bits per heavy atom. The van der Waals surface area contributed by atoms with Crippen LogP contribution in [-0.2, 0) is 0 Å². The number of para-hydroxylation sites is 2. The Bertz CT molecular complexity index is 3470. The minimum absolute atomic E-state index is 0.572. The molecule has 0 amide bonds. The van der Waals surface area contributed by atoms with Crippen molar-refractivity contribution in [2.24, 2.45) is 0 Å². The van der Waals surface area contributed by atoms with Crippen molar-refractivity contribution in [2.75, 3.05) is 0 Å². The molecule has 0 aliphatic heterocycles. The first-order valence-electron chi connectivity index (χ1n) is 18.9. The summed E-state index contributed by atoms with van der Waals surface area (Å²) >= 11 is 0. The van der Waals surface area contributed by atoms with Crippen LogP contribution in [-0.4, -0.2) is 24.1 Å². The van der Waals surface area contributed by atoms with E-state index in [0.29, 0.717) is 5.95 Å². The van der Waals surface area contributed by atoms with E-state index in [1.165, 1.54) is 37.7 Å². The van der Waals surface area contributed by atoms with Gasteiger partial charge in [-0.3, -0.25) is 4.57 Å². The lowest BCUT2D eigenvalue weighted by molar-refractivity contribution is 0.960. The van der Waals surface area contributed by atoms with Crippen LogP contribution in [0.25, 0.3) is 110 Å². The molecule has 3 heterocycles. The summed E-state index contributed by atoms with van der Waals surface area (Å²) in [5.74, 6) is 1.37. The van der Waals surface area contributed by atoms with Gasteiger partial charge in [-0.05, 0) is 74.8 Å². The minimum atomic E-state index is 0.572. The molecule has 260 valence electrons. The highest BCUT2D eigenvalue weighted by molar-refractivity contribution is 6.24. The maximum absolute atomic E-state index is 5.53. The van der Waals surface area contributed by atoms with Crippen LogP contribution in [0.2, 0.25) is 0 Å². The number of nitrogens with zero attached hydrogens (tertiary/aromatic N) is 5. The van der Waals surface area contributed by atoms with Gasteiger partial charge in [0.1, 0.15) is 5.82 Å². The molecule has 0 spiro atoms. The average molecular weight is 714 g/mol. The van der Waals surface area contributed by atoms with E-state index >= 15 is 0 Å². The molecule has 0 unspecified atom stereocenters. The summed E-state index contributed by atoms with van der Waals surface area (Å²) in [4.78, 5) is 15.9. The highest BCUT2D eigenvalue weighted by atomic mass is 15.2. The molecule has 0 aliphatic rings. The third-order valence-electron chi connectivity index (χ3n) is 11.4. The topological polar surface area (TPSA) is 48.5 Å². The maximum Gasteiger partial charge on any atom is 0.235 e. The van der Waals surface area contributed by atoms with Gasteiger partial charge in [-0.2, -0.15) is 0 Å². The molecule has 0 fully saturated rings. The Labute approximate surface area is 321 Å². The molecule has 0 radical (unpaired) electrons. The van der Waals surface area contributed by atoms with Crippen molar-refractivity contribution in [3.05, 3.63) is 188 Å². The zero-order valence-electron chi connectivity index (χ0n) is 30.1. The smallest absolute Gasteiger partial charge is 0.235 e. The van der Waals surface area contributed by atoms with Crippen molar-refractivity contribution in [1.82, 2.24) is 24.1 Å². The van der Waals surface area contributed by atoms with Crippen LogP contribution < -0.4 is 0 Å². The second kappa shape index (κ2) is 11.9. The standard InChI is InChI=1S/C51H31N5/c1-2-16-36(17-3-1)55-45-25-13-12-22-41(45)44-29-34(26-27-46(44)55)50-54-48-42-23-10-8-20-39(42)40-21-9-11-24-43(40)49(48)56(50)51-52-30-35(31-53-51)47-37-18-6-4-14-32(37)28-33-15-5-7-19-38(33)47/h1-31H. The molecule has 9 aromatic carbocycles. The fraction of sp³-hybridized carbons (Fsp3) is 0. The van der Waals surface area contributed by atoms with Gasteiger partial charge in [0.25, 0.3) is 0 Å². The van der Waals surface area contributed by atoms with Crippen molar-refractivity contribution >= 4 is 75.9 Å². The summed E-state index contributed by atoms with van der Waals surface area (Å²) < 4.78 is 4.52. The summed E-state index contributed by atoms with van der Waals surface area (Å²) in [6, 6.07) is 62.5. The predicted molar refractivity (Wildman–Crippen MR) is 232 cm³/mol. The van der Waals surface area contributed by atoms with Gasteiger partial charge < -0.3 is 4.57 Å². The van der Waals surface area contributed by atoms with E-state index < -0.39 is 0 Å². The van der Waals surface area contributed by atoms with Gasteiger partial charge in [0.15, 0.2) is 0 Å². The van der Waals surface area contributed by atoms with Crippen molar-refractivity contribution in [3.63, 3.8) is 0 Å².